The summed E-state index contributed by atoms with van der Waals surface area (Å²) in [4.78, 5) is 134. The summed E-state index contributed by atoms with van der Waals surface area (Å²) in [6.07, 6.45) is 7.28. The molecule has 0 aliphatic rings. The van der Waals surface area contributed by atoms with E-state index >= 15 is 0 Å². The highest BCUT2D eigenvalue weighted by molar-refractivity contribution is 5.98. The highest BCUT2D eigenvalue weighted by Crippen LogP contribution is 2.34. The van der Waals surface area contributed by atoms with Crippen molar-refractivity contribution >= 4 is 67.4 Å². The van der Waals surface area contributed by atoms with E-state index in [1.807, 2.05) is 18.2 Å². The van der Waals surface area contributed by atoms with Crippen molar-refractivity contribution < 1.29 is 106 Å². The van der Waals surface area contributed by atoms with Crippen LogP contribution >= 0.6 is 0 Å². The number of carbonyl (C=O) groups excluding carboxylic acids is 10. The van der Waals surface area contributed by atoms with Gasteiger partial charge in [-0.1, -0.05) is 78.9 Å². The molecule has 115 heavy (non-hydrogen) atoms. The second kappa shape index (κ2) is 40.8. The molecule has 12 rings (SSSR count). The number of phenolic OH excluding ortho intramolecular Hbond substituents is 6. The van der Waals surface area contributed by atoms with Gasteiger partial charge in [0.2, 0.25) is 0 Å². The molecule has 0 aliphatic carbocycles. The molecule has 0 atom stereocenters. The summed E-state index contributed by atoms with van der Waals surface area (Å²) >= 11 is 0. The number of halogens is 3. The molecule has 7 N–H and O–H groups in total. The molecule has 0 unspecified atom stereocenters. The standard InChI is InChI=1S/2C16H14FNO3.C16H15NO3.C15H12O4.C14H10O4.C11H7FN2O2/c1-18(2)16(21)11-5-3-10(4-6-11)12-7-13(9-19)15(20)14(17)8-12;1-18(2)16(21)11-5-3-4-10(6-11)12-7-13(9-19)15(20)14(17)8-12;1-17(2)16(20)12-5-3-11(4-6-12)13-7-8-15(19)14(9-13)10-18;1-19-15(18)12-4-2-3-10(7-12)11-5-6-14(17)13(8-11)9-16;15-8-12-7-11(5-6-13(12)16)9-1-3-10(4-2-9)14(17)18;12-10-2-7(1-8(5-15)11(10)16)9-3-13-6-14-4-9/h2*3-9,20H,1-2H3;3-10,19H,1-2H3;2-9,17H,1H3;1-8,16H,(H,17,18);1-6,16H. The summed E-state index contributed by atoms with van der Waals surface area (Å²) in [5.74, 6) is -6.50. The Morgan fingerprint density at radius 2 is 0.583 bits per heavy atom. The Hall–Kier alpha value is -15.5. The van der Waals surface area contributed by atoms with Gasteiger partial charge in [0, 0.05) is 76.9 Å². The minimum Gasteiger partial charge on any atom is -0.507 e. The van der Waals surface area contributed by atoms with Gasteiger partial charge >= 0.3 is 11.9 Å². The molecule has 27 heteroatoms. The number of aldehydes is 6. The van der Waals surface area contributed by atoms with Crippen molar-refractivity contribution in [2.75, 3.05) is 49.4 Å². The first-order valence-electron chi connectivity index (χ1n) is 33.9. The molecule has 0 saturated heterocycles. The highest BCUT2D eigenvalue weighted by Gasteiger charge is 2.18. The lowest BCUT2D eigenvalue weighted by Crippen LogP contribution is -2.21. The van der Waals surface area contributed by atoms with Crippen LogP contribution in [0.25, 0.3) is 66.8 Å². The average Bonchev–Trinajstić information content (AvgIpc) is 0.843. The van der Waals surface area contributed by atoms with Crippen LogP contribution in [-0.2, 0) is 4.74 Å². The van der Waals surface area contributed by atoms with Gasteiger partial charge in [0.25, 0.3) is 17.7 Å². The summed E-state index contributed by atoms with van der Waals surface area (Å²) in [5.41, 5.74) is 10.4. The first-order chi connectivity index (χ1) is 54.9. The Bertz CT molecular complexity index is 5590. The fraction of sp³-hybridized carbons (Fsp3) is 0.0795. The van der Waals surface area contributed by atoms with Crippen LogP contribution in [0.15, 0.2) is 231 Å². The molecule has 11 aromatic carbocycles. The van der Waals surface area contributed by atoms with Crippen LogP contribution in [0.1, 0.15) is 114 Å². The largest absolute Gasteiger partial charge is 0.507 e. The first kappa shape index (κ1) is 86.7. The number of hydrogen-bond donors (Lipinski definition) is 7. The van der Waals surface area contributed by atoms with Crippen LogP contribution in [0.4, 0.5) is 13.2 Å². The molecule has 0 bridgehead atoms. The van der Waals surface area contributed by atoms with E-state index in [4.69, 9.17) is 5.11 Å². The normalized spacial score (nSPS) is 10.1. The number of carbonyl (C=O) groups is 11. The summed E-state index contributed by atoms with van der Waals surface area (Å²) in [6, 6.07) is 55.2. The lowest BCUT2D eigenvalue weighted by Gasteiger charge is -2.12. The van der Waals surface area contributed by atoms with Crippen LogP contribution in [0.5, 0.6) is 34.5 Å². The molecule has 1 heterocycles. The molecule has 0 radical (unpaired) electrons. The molecular weight excluding hydrogens is 1490 g/mol. The summed E-state index contributed by atoms with van der Waals surface area (Å²) < 4.78 is 45.1. The van der Waals surface area contributed by atoms with Crippen LogP contribution in [0.3, 0.4) is 0 Å². The number of aromatic nitrogens is 2. The van der Waals surface area contributed by atoms with Gasteiger partial charge in [-0.25, -0.2) is 32.7 Å². The number of carboxylic acid groups (broad SMARTS) is 1. The van der Waals surface area contributed by atoms with Crippen molar-refractivity contribution in [3.05, 3.63) is 310 Å². The van der Waals surface area contributed by atoms with Gasteiger partial charge in [-0.05, 0) is 195 Å². The zero-order valence-electron chi connectivity index (χ0n) is 62.3. The Labute approximate surface area is 655 Å². The number of rotatable bonds is 17. The number of carboxylic acids is 1. The van der Waals surface area contributed by atoms with Gasteiger partial charge in [-0.3, -0.25) is 43.2 Å². The molecular formula is C88H72F3N5O19. The minimum absolute atomic E-state index is 0.0387. The third-order valence-electron chi connectivity index (χ3n) is 16.7. The quantitative estimate of drug-likeness (QED) is 0.0329. The fourth-order valence-corrected chi connectivity index (χ4v) is 10.5. The molecule has 584 valence electrons. The maximum atomic E-state index is 13.6. The Morgan fingerprint density at radius 1 is 0.313 bits per heavy atom. The fourth-order valence-electron chi connectivity index (χ4n) is 10.5. The van der Waals surface area contributed by atoms with Crippen LogP contribution in [0, 0.1) is 17.5 Å². The van der Waals surface area contributed by atoms with Crippen LogP contribution in [0.2, 0.25) is 0 Å². The molecule has 0 aliphatic heterocycles. The number of phenols is 6. The predicted molar refractivity (Wildman–Crippen MR) is 421 cm³/mol. The molecule has 0 saturated carbocycles. The number of aromatic carboxylic acids is 1. The van der Waals surface area contributed by atoms with Gasteiger partial charge in [0.1, 0.15) is 23.6 Å². The third kappa shape index (κ3) is 23.0. The van der Waals surface area contributed by atoms with Crippen LogP contribution in [-0.4, -0.2) is 177 Å². The number of methoxy groups -OCH3 is 1. The van der Waals surface area contributed by atoms with Crippen molar-refractivity contribution in [3.8, 4) is 101 Å². The molecule has 0 fully saturated rings. The Morgan fingerprint density at radius 3 is 0.922 bits per heavy atom. The first-order valence-corrected chi connectivity index (χ1v) is 33.9. The summed E-state index contributed by atoms with van der Waals surface area (Å²) in [5, 5.41) is 65.2. The highest BCUT2D eigenvalue weighted by atomic mass is 19.1. The predicted octanol–water partition coefficient (Wildman–Crippen LogP) is 15.0. The van der Waals surface area contributed by atoms with Gasteiger partial charge in [-0.2, -0.15) is 0 Å². The second-order valence-electron chi connectivity index (χ2n) is 25.1. The summed E-state index contributed by atoms with van der Waals surface area (Å²) in [7, 11) is 11.3. The van der Waals surface area contributed by atoms with E-state index in [0.29, 0.717) is 93.4 Å². The van der Waals surface area contributed by atoms with Crippen LogP contribution < -0.4 is 0 Å². The van der Waals surface area contributed by atoms with E-state index in [0.717, 1.165) is 51.6 Å². The smallest absolute Gasteiger partial charge is 0.337 e. The van der Waals surface area contributed by atoms with Crippen molar-refractivity contribution in [2.24, 2.45) is 0 Å². The SMILES string of the molecule is CN(C)C(=O)c1ccc(-c2cc(F)c(O)c(C=O)c2)cc1.CN(C)C(=O)c1ccc(-c2ccc(O)c(C=O)c2)cc1.CN(C)C(=O)c1cccc(-c2cc(F)c(O)c(C=O)c2)c1.COC(=O)c1cccc(-c2ccc(O)c(C=O)c2)c1.O=Cc1cc(-c2ccc(C(=O)O)cc2)ccc1O.O=Cc1cc(-c2cncnc2)cc(F)c1O. The van der Waals surface area contributed by atoms with Crippen molar-refractivity contribution in [3.63, 3.8) is 0 Å². The van der Waals surface area contributed by atoms with E-state index in [9.17, 15) is 96.6 Å². The monoisotopic (exact) mass is 1560 g/mol. The number of benzene rings is 11. The van der Waals surface area contributed by atoms with E-state index in [1.54, 1.807) is 170 Å². The van der Waals surface area contributed by atoms with Crippen molar-refractivity contribution in [1.82, 2.24) is 24.7 Å². The van der Waals surface area contributed by atoms with Gasteiger partial charge in [0.05, 0.1) is 51.6 Å². The van der Waals surface area contributed by atoms with Gasteiger partial charge < -0.3 is 55.2 Å². The molecule has 12 aromatic rings. The van der Waals surface area contributed by atoms with Crippen molar-refractivity contribution in [2.45, 2.75) is 0 Å². The van der Waals surface area contributed by atoms with Gasteiger partial charge in [-0.15, -0.1) is 0 Å². The number of ether oxygens (including phenoxy) is 1. The molecule has 3 amide bonds. The molecule has 24 nitrogen and oxygen atoms in total. The Kier molecular flexibility index (Phi) is 30.7. The maximum Gasteiger partial charge on any atom is 0.337 e. The zero-order valence-corrected chi connectivity index (χ0v) is 62.3. The third-order valence-corrected chi connectivity index (χ3v) is 16.7. The molecule has 1 aromatic heterocycles. The second-order valence-corrected chi connectivity index (χ2v) is 25.1. The minimum atomic E-state index is -0.985. The lowest BCUT2D eigenvalue weighted by atomic mass is 10.00. The average molecular weight is 1560 g/mol. The summed E-state index contributed by atoms with van der Waals surface area (Å²) in [6.45, 7) is 0. The van der Waals surface area contributed by atoms with E-state index < -0.39 is 46.6 Å². The number of aromatic hydroxyl groups is 6. The zero-order chi connectivity index (χ0) is 84.3. The van der Waals surface area contributed by atoms with E-state index in [-0.39, 0.29) is 73.9 Å². The number of hydrogen-bond acceptors (Lipinski definition) is 20. The van der Waals surface area contributed by atoms with E-state index in [1.165, 1.54) is 89.1 Å². The maximum absolute atomic E-state index is 13.6. The number of esters is 1. The topological polar surface area (TPSA) is 374 Å². The van der Waals surface area contributed by atoms with Crippen molar-refractivity contribution in [1.29, 1.82) is 0 Å². The van der Waals surface area contributed by atoms with E-state index in [2.05, 4.69) is 14.7 Å². The van der Waals surface area contributed by atoms with Gasteiger partial charge in [0.15, 0.2) is 72.4 Å². The Balaban J connectivity index is 0.000000191. The molecule has 0 spiro atoms. The number of amides is 3. The lowest BCUT2D eigenvalue weighted by molar-refractivity contribution is 0.0598. The number of nitrogens with zero attached hydrogens (tertiary/aromatic N) is 5.